The van der Waals surface area contributed by atoms with Gasteiger partial charge in [0.1, 0.15) is 10.0 Å². The van der Waals surface area contributed by atoms with Gasteiger partial charge < -0.3 is 9.80 Å². The summed E-state index contributed by atoms with van der Waals surface area (Å²) >= 11 is 1.54. The highest BCUT2D eigenvalue weighted by Gasteiger charge is 2.24. The van der Waals surface area contributed by atoms with E-state index in [1.165, 1.54) is 0 Å². The molecule has 0 spiro atoms. The van der Waals surface area contributed by atoms with E-state index < -0.39 is 0 Å². The van der Waals surface area contributed by atoms with E-state index in [0.717, 1.165) is 33.0 Å². The molecule has 1 atom stereocenters. The molecule has 140 valence electrons. The van der Waals surface area contributed by atoms with Crippen molar-refractivity contribution in [1.29, 1.82) is 0 Å². The maximum Gasteiger partial charge on any atom is 0.323 e. The number of nitrogens with one attached hydrogen (secondary N) is 1. The molecule has 2 amide bonds. The summed E-state index contributed by atoms with van der Waals surface area (Å²) in [6.07, 6.45) is 0. The Labute approximate surface area is 161 Å². The minimum absolute atomic E-state index is 0.139. The predicted molar refractivity (Wildman–Crippen MR) is 106 cm³/mol. The summed E-state index contributed by atoms with van der Waals surface area (Å²) in [7, 11) is 2.08. The van der Waals surface area contributed by atoms with Crippen LogP contribution < -0.4 is 5.32 Å². The Morgan fingerprint density at radius 2 is 2.04 bits per heavy atom. The van der Waals surface area contributed by atoms with Crippen LogP contribution in [0, 0.1) is 6.92 Å². The van der Waals surface area contributed by atoms with Crippen LogP contribution in [0.25, 0.3) is 21.5 Å². The number of fused-ring (bicyclic) bond motifs is 1. The second-order valence-corrected chi connectivity index (χ2v) is 8.02. The molecule has 1 aliphatic rings. The van der Waals surface area contributed by atoms with Crippen molar-refractivity contribution in [3.05, 3.63) is 29.3 Å². The molecule has 3 aromatic rings. The lowest BCUT2D eigenvalue weighted by Crippen LogP contribution is -2.53. The molecular formula is C18H21N7OS. The van der Waals surface area contributed by atoms with Crippen molar-refractivity contribution in [3.8, 4) is 10.6 Å². The largest absolute Gasteiger partial charge is 0.323 e. The van der Waals surface area contributed by atoms with Crippen molar-refractivity contribution in [3.63, 3.8) is 0 Å². The van der Waals surface area contributed by atoms with Crippen LogP contribution in [0.3, 0.4) is 0 Å². The van der Waals surface area contributed by atoms with Gasteiger partial charge in [-0.05, 0) is 45.2 Å². The van der Waals surface area contributed by atoms with E-state index in [0.29, 0.717) is 24.9 Å². The van der Waals surface area contributed by atoms with Gasteiger partial charge in [0.15, 0.2) is 5.82 Å². The van der Waals surface area contributed by atoms with E-state index in [4.69, 9.17) is 0 Å². The summed E-state index contributed by atoms with van der Waals surface area (Å²) < 4.78 is 0. The van der Waals surface area contributed by atoms with Crippen LogP contribution in [-0.4, -0.2) is 68.9 Å². The molecule has 3 heterocycles. The van der Waals surface area contributed by atoms with Crippen molar-refractivity contribution in [1.82, 2.24) is 30.2 Å². The molecule has 9 heteroatoms. The number of urea groups is 1. The maximum atomic E-state index is 12.6. The topological polar surface area (TPSA) is 87.1 Å². The second-order valence-electron chi connectivity index (χ2n) is 6.84. The summed E-state index contributed by atoms with van der Waals surface area (Å²) in [4.78, 5) is 16.6. The monoisotopic (exact) mass is 383 g/mol. The number of benzene rings is 1. The van der Waals surface area contributed by atoms with Gasteiger partial charge in [0, 0.05) is 36.6 Å². The molecule has 0 saturated carbocycles. The molecule has 4 rings (SSSR count). The third kappa shape index (κ3) is 3.74. The van der Waals surface area contributed by atoms with E-state index in [2.05, 4.69) is 44.6 Å². The summed E-state index contributed by atoms with van der Waals surface area (Å²) in [6, 6.07) is 7.90. The second kappa shape index (κ2) is 7.16. The predicted octanol–water partition coefficient (Wildman–Crippen LogP) is 2.62. The fraction of sp³-hybridized carbons (Fsp3) is 0.389. The molecule has 1 saturated heterocycles. The zero-order valence-corrected chi connectivity index (χ0v) is 16.3. The first-order chi connectivity index (χ1) is 13.0. The van der Waals surface area contributed by atoms with Gasteiger partial charge in [-0.15, -0.1) is 20.4 Å². The number of anilines is 1. The van der Waals surface area contributed by atoms with Crippen LogP contribution >= 0.6 is 11.3 Å². The van der Waals surface area contributed by atoms with Gasteiger partial charge in [-0.3, -0.25) is 5.32 Å². The zero-order chi connectivity index (χ0) is 19.0. The minimum Gasteiger partial charge on any atom is -0.322 e. The molecule has 0 aliphatic carbocycles. The van der Waals surface area contributed by atoms with Gasteiger partial charge in [0.05, 0.1) is 5.52 Å². The highest BCUT2D eigenvalue weighted by atomic mass is 32.1. The summed E-state index contributed by atoms with van der Waals surface area (Å²) in [5.41, 5.74) is 1.75. The fourth-order valence-corrected chi connectivity index (χ4v) is 3.76. The lowest BCUT2D eigenvalue weighted by atomic mass is 10.1. The molecular weight excluding hydrogens is 362 g/mol. The Bertz CT molecular complexity index is 989. The van der Waals surface area contributed by atoms with Gasteiger partial charge in [-0.1, -0.05) is 11.3 Å². The first-order valence-electron chi connectivity index (χ1n) is 8.84. The van der Waals surface area contributed by atoms with E-state index in [-0.39, 0.29) is 6.03 Å². The highest BCUT2D eigenvalue weighted by Crippen LogP contribution is 2.26. The van der Waals surface area contributed by atoms with Gasteiger partial charge in [-0.25, -0.2) is 4.79 Å². The molecule has 0 radical (unpaired) electrons. The molecule has 1 N–H and O–H groups in total. The van der Waals surface area contributed by atoms with E-state index >= 15 is 0 Å². The Balaban J connectivity index is 1.54. The van der Waals surface area contributed by atoms with Crippen LogP contribution in [0.1, 0.15) is 11.9 Å². The van der Waals surface area contributed by atoms with Crippen LogP contribution in [0.4, 0.5) is 10.6 Å². The van der Waals surface area contributed by atoms with Crippen LogP contribution in [0.2, 0.25) is 0 Å². The van der Waals surface area contributed by atoms with Crippen LogP contribution in [-0.2, 0) is 0 Å². The first-order valence-corrected chi connectivity index (χ1v) is 9.65. The number of carbonyl (C=O) groups excluding carboxylic acids is 1. The first kappa shape index (κ1) is 17.7. The molecule has 27 heavy (non-hydrogen) atoms. The standard InChI is InChI=1S/C18H21N7OS/c1-11-10-25(7-6-24(11)3)18(26)19-16-9-14-8-13(4-5-15(14)21-22-16)17-23-20-12(2)27-17/h4-5,8-9,11H,6-7,10H2,1-3H3,(H,19,22,26)/t11-/m1/s1. The number of aryl methyl sites for hydroxylation is 1. The number of nitrogens with zero attached hydrogens (tertiary/aromatic N) is 6. The van der Waals surface area contributed by atoms with Gasteiger partial charge >= 0.3 is 6.03 Å². The molecule has 1 fully saturated rings. The zero-order valence-electron chi connectivity index (χ0n) is 15.5. The van der Waals surface area contributed by atoms with E-state index in [1.54, 1.807) is 11.3 Å². The van der Waals surface area contributed by atoms with Crippen LogP contribution in [0.15, 0.2) is 24.3 Å². The summed E-state index contributed by atoms with van der Waals surface area (Å²) in [6.45, 7) is 6.31. The van der Waals surface area contributed by atoms with Crippen molar-refractivity contribution in [2.75, 3.05) is 32.0 Å². The highest BCUT2D eigenvalue weighted by molar-refractivity contribution is 7.14. The van der Waals surface area contributed by atoms with Gasteiger partial charge in [-0.2, -0.15) is 0 Å². The Morgan fingerprint density at radius 1 is 1.19 bits per heavy atom. The third-order valence-corrected chi connectivity index (χ3v) is 5.73. The Morgan fingerprint density at radius 3 is 2.78 bits per heavy atom. The number of hydrogen-bond acceptors (Lipinski definition) is 7. The third-order valence-electron chi connectivity index (χ3n) is 4.84. The van der Waals surface area contributed by atoms with Crippen LogP contribution in [0.5, 0.6) is 0 Å². The number of hydrogen-bond donors (Lipinski definition) is 1. The molecule has 0 unspecified atom stereocenters. The number of amides is 2. The molecule has 8 nitrogen and oxygen atoms in total. The number of likely N-dealkylation sites (N-methyl/N-ethyl adjacent to an activating group) is 1. The molecule has 0 bridgehead atoms. The van der Waals surface area contributed by atoms with Crippen molar-refractivity contribution < 1.29 is 4.79 Å². The quantitative estimate of drug-likeness (QED) is 0.732. The van der Waals surface area contributed by atoms with Gasteiger partial charge in [0.2, 0.25) is 0 Å². The van der Waals surface area contributed by atoms with Crippen molar-refractivity contribution in [2.45, 2.75) is 19.9 Å². The lowest BCUT2D eigenvalue weighted by Gasteiger charge is -2.37. The average molecular weight is 383 g/mol. The molecule has 1 aromatic carbocycles. The number of rotatable bonds is 2. The summed E-state index contributed by atoms with van der Waals surface area (Å²) in [5, 5.41) is 22.2. The Kier molecular flexibility index (Phi) is 4.71. The SMILES string of the molecule is Cc1nnc(-c2ccc3nnc(NC(=O)N4CCN(C)[C@H](C)C4)cc3c2)s1. The Hall–Kier alpha value is -2.65. The molecule has 1 aliphatic heterocycles. The van der Waals surface area contributed by atoms with E-state index in [9.17, 15) is 4.79 Å². The maximum absolute atomic E-state index is 12.6. The number of carbonyl (C=O) groups is 1. The average Bonchev–Trinajstić information content (AvgIpc) is 3.09. The summed E-state index contributed by atoms with van der Waals surface area (Å²) in [5.74, 6) is 0.449. The molecule has 2 aromatic heterocycles. The van der Waals surface area contributed by atoms with Crippen molar-refractivity contribution >= 4 is 34.1 Å². The van der Waals surface area contributed by atoms with E-state index in [1.807, 2.05) is 36.1 Å². The normalized spacial score (nSPS) is 18.0. The fourth-order valence-electron chi connectivity index (χ4n) is 3.07. The minimum atomic E-state index is -0.139. The lowest BCUT2D eigenvalue weighted by molar-refractivity contribution is 0.125. The number of aromatic nitrogens is 4. The van der Waals surface area contributed by atoms with Crippen molar-refractivity contribution in [2.24, 2.45) is 0 Å². The smallest absolute Gasteiger partial charge is 0.322 e. The number of piperazine rings is 1. The van der Waals surface area contributed by atoms with Gasteiger partial charge in [0.25, 0.3) is 0 Å².